The first-order valence-corrected chi connectivity index (χ1v) is 13.6. The minimum Gasteiger partial charge on any atom is -0.494 e. The van der Waals surface area contributed by atoms with Crippen LogP contribution in [0.25, 0.3) is 11.4 Å². The van der Waals surface area contributed by atoms with Crippen LogP contribution in [0.1, 0.15) is 97.3 Å². The summed E-state index contributed by atoms with van der Waals surface area (Å²) in [5.74, 6) is 2.31. The van der Waals surface area contributed by atoms with E-state index in [9.17, 15) is 0 Å². The highest BCUT2D eigenvalue weighted by molar-refractivity contribution is 5.56. The molecule has 34 heavy (non-hydrogen) atoms. The molecule has 0 aliphatic carbocycles. The van der Waals surface area contributed by atoms with Gasteiger partial charge in [0.05, 0.1) is 25.6 Å². The average Bonchev–Trinajstić information content (AvgIpc) is 2.87. The zero-order chi connectivity index (χ0) is 24.1. The number of hydrogen-bond donors (Lipinski definition) is 0. The second-order valence-electron chi connectivity index (χ2n) is 8.97. The SMILES string of the molecule is CCCCCCCCCOc1ccc(-c2ncc(OCCCCOCCCCCC)cn2)cc1. The predicted octanol–water partition coefficient (Wildman–Crippen LogP) is 8.03. The van der Waals surface area contributed by atoms with Crippen molar-refractivity contribution in [1.82, 2.24) is 9.97 Å². The molecule has 5 nitrogen and oxygen atoms in total. The van der Waals surface area contributed by atoms with Crippen molar-refractivity contribution in [3.05, 3.63) is 36.7 Å². The maximum Gasteiger partial charge on any atom is 0.159 e. The molecule has 190 valence electrons. The average molecular weight is 471 g/mol. The van der Waals surface area contributed by atoms with Gasteiger partial charge in [0.15, 0.2) is 11.6 Å². The van der Waals surface area contributed by atoms with Crippen molar-refractivity contribution in [2.24, 2.45) is 0 Å². The fourth-order valence-electron chi connectivity index (χ4n) is 3.72. The second kappa shape index (κ2) is 19.2. The highest BCUT2D eigenvalue weighted by Crippen LogP contribution is 2.21. The molecule has 2 rings (SSSR count). The number of aromatic nitrogens is 2. The minimum atomic E-state index is 0.659. The molecule has 0 N–H and O–H groups in total. The summed E-state index contributed by atoms with van der Waals surface area (Å²) in [6.07, 6.45) is 19.5. The Labute approximate surface area is 207 Å². The number of unbranched alkanes of at least 4 members (excludes halogenated alkanes) is 10. The molecule has 1 heterocycles. The van der Waals surface area contributed by atoms with Gasteiger partial charge < -0.3 is 14.2 Å². The molecule has 0 aliphatic heterocycles. The first-order chi connectivity index (χ1) is 16.8. The molecule has 1 aromatic carbocycles. The Bertz CT molecular complexity index is 719. The summed E-state index contributed by atoms with van der Waals surface area (Å²) in [7, 11) is 0. The summed E-state index contributed by atoms with van der Waals surface area (Å²) >= 11 is 0. The molecule has 0 radical (unpaired) electrons. The monoisotopic (exact) mass is 470 g/mol. The third kappa shape index (κ3) is 12.9. The van der Waals surface area contributed by atoms with Crippen LogP contribution < -0.4 is 9.47 Å². The fraction of sp³-hybridized carbons (Fsp3) is 0.655. The molecule has 0 unspecified atom stereocenters. The van der Waals surface area contributed by atoms with Crippen molar-refractivity contribution in [3.63, 3.8) is 0 Å². The summed E-state index contributed by atoms with van der Waals surface area (Å²) < 4.78 is 17.3. The van der Waals surface area contributed by atoms with Gasteiger partial charge in [-0.1, -0.05) is 71.6 Å². The molecule has 0 atom stereocenters. The van der Waals surface area contributed by atoms with Crippen LogP contribution in [0.15, 0.2) is 36.7 Å². The molecular formula is C29H46N2O3. The van der Waals surface area contributed by atoms with Gasteiger partial charge in [-0.25, -0.2) is 9.97 Å². The van der Waals surface area contributed by atoms with Gasteiger partial charge in [0.2, 0.25) is 0 Å². The normalized spacial score (nSPS) is 11.0. The van der Waals surface area contributed by atoms with Gasteiger partial charge in [-0.05, 0) is 49.9 Å². The van der Waals surface area contributed by atoms with Gasteiger partial charge >= 0.3 is 0 Å². The van der Waals surface area contributed by atoms with Gasteiger partial charge in [0.25, 0.3) is 0 Å². The Balaban J connectivity index is 1.56. The quantitative estimate of drug-likeness (QED) is 0.173. The van der Waals surface area contributed by atoms with E-state index in [-0.39, 0.29) is 0 Å². The lowest BCUT2D eigenvalue weighted by Gasteiger charge is -2.08. The molecule has 0 amide bonds. The predicted molar refractivity (Wildman–Crippen MR) is 141 cm³/mol. The van der Waals surface area contributed by atoms with Gasteiger partial charge in [0.1, 0.15) is 5.75 Å². The maximum absolute atomic E-state index is 5.88. The second-order valence-corrected chi connectivity index (χ2v) is 8.97. The number of hydrogen-bond acceptors (Lipinski definition) is 5. The molecule has 0 saturated heterocycles. The van der Waals surface area contributed by atoms with E-state index in [0.717, 1.165) is 50.4 Å². The Morgan fingerprint density at radius 3 is 1.65 bits per heavy atom. The minimum absolute atomic E-state index is 0.659. The molecule has 2 aromatic rings. The van der Waals surface area contributed by atoms with Crippen LogP contribution >= 0.6 is 0 Å². The van der Waals surface area contributed by atoms with Crippen LogP contribution in [0, 0.1) is 0 Å². The number of nitrogens with zero attached hydrogens (tertiary/aromatic N) is 2. The van der Waals surface area contributed by atoms with Crippen molar-refractivity contribution in [2.45, 2.75) is 97.3 Å². The van der Waals surface area contributed by atoms with E-state index in [4.69, 9.17) is 14.2 Å². The van der Waals surface area contributed by atoms with Crippen molar-refractivity contribution >= 4 is 0 Å². The summed E-state index contributed by atoms with van der Waals surface area (Å²) in [6.45, 7) is 7.61. The third-order valence-corrected chi connectivity index (χ3v) is 5.85. The Morgan fingerprint density at radius 2 is 1.00 bits per heavy atom. The molecule has 1 aromatic heterocycles. The Hall–Kier alpha value is -2.14. The zero-order valence-corrected chi connectivity index (χ0v) is 21.6. The molecule has 0 fully saturated rings. The third-order valence-electron chi connectivity index (χ3n) is 5.85. The summed E-state index contributed by atoms with van der Waals surface area (Å²) in [6, 6.07) is 8.02. The summed E-state index contributed by atoms with van der Waals surface area (Å²) in [4.78, 5) is 8.92. The van der Waals surface area contributed by atoms with Crippen molar-refractivity contribution in [1.29, 1.82) is 0 Å². The lowest BCUT2D eigenvalue weighted by Crippen LogP contribution is -2.02. The molecule has 0 spiro atoms. The van der Waals surface area contributed by atoms with Crippen LogP contribution in [0.5, 0.6) is 11.5 Å². The van der Waals surface area contributed by atoms with Gasteiger partial charge in [-0.2, -0.15) is 0 Å². The topological polar surface area (TPSA) is 53.5 Å². The largest absolute Gasteiger partial charge is 0.494 e. The van der Waals surface area contributed by atoms with E-state index >= 15 is 0 Å². The highest BCUT2D eigenvalue weighted by Gasteiger charge is 2.03. The first kappa shape index (κ1) is 28.1. The zero-order valence-electron chi connectivity index (χ0n) is 21.6. The smallest absolute Gasteiger partial charge is 0.159 e. The molecule has 0 bridgehead atoms. The lowest BCUT2D eigenvalue weighted by molar-refractivity contribution is 0.122. The molecular weight excluding hydrogens is 424 g/mol. The van der Waals surface area contributed by atoms with Crippen LogP contribution in [0.3, 0.4) is 0 Å². The Morgan fingerprint density at radius 1 is 0.529 bits per heavy atom. The van der Waals surface area contributed by atoms with E-state index in [2.05, 4.69) is 23.8 Å². The van der Waals surface area contributed by atoms with Crippen molar-refractivity contribution in [3.8, 4) is 22.9 Å². The number of ether oxygens (including phenoxy) is 3. The van der Waals surface area contributed by atoms with Gasteiger partial charge in [-0.3, -0.25) is 0 Å². The Kier molecular flexibility index (Phi) is 15.9. The van der Waals surface area contributed by atoms with Crippen LogP contribution in [0.4, 0.5) is 0 Å². The van der Waals surface area contributed by atoms with Crippen LogP contribution in [-0.4, -0.2) is 36.4 Å². The fourth-order valence-corrected chi connectivity index (χ4v) is 3.72. The maximum atomic E-state index is 5.88. The molecule has 5 heteroatoms. The summed E-state index contributed by atoms with van der Waals surface area (Å²) in [5.41, 5.74) is 0.978. The first-order valence-electron chi connectivity index (χ1n) is 13.6. The van der Waals surface area contributed by atoms with Crippen molar-refractivity contribution in [2.75, 3.05) is 26.4 Å². The van der Waals surface area contributed by atoms with E-state index in [1.807, 2.05) is 24.3 Å². The van der Waals surface area contributed by atoms with Crippen LogP contribution in [0.2, 0.25) is 0 Å². The lowest BCUT2D eigenvalue weighted by atomic mass is 10.1. The van der Waals surface area contributed by atoms with E-state index in [1.165, 1.54) is 64.2 Å². The highest BCUT2D eigenvalue weighted by atomic mass is 16.5. The van der Waals surface area contributed by atoms with E-state index in [1.54, 1.807) is 12.4 Å². The number of benzene rings is 1. The van der Waals surface area contributed by atoms with Gasteiger partial charge in [-0.15, -0.1) is 0 Å². The van der Waals surface area contributed by atoms with E-state index < -0.39 is 0 Å². The van der Waals surface area contributed by atoms with E-state index in [0.29, 0.717) is 18.2 Å². The van der Waals surface area contributed by atoms with Gasteiger partial charge in [0, 0.05) is 18.8 Å². The molecule has 0 aliphatic rings. The standard InChI is InChI=1S/C29H46N2O3/c1-3-5-7-9-10-11-13-22-33-27-18-16-26(17-19-27)29-30-24-28(25-31-29)34-23-15-14-21-32-20-12-8-6-4-2/h16-19,24-25H,3-15,20-23H2,1-2H3. The van der Waals surface area contributed by atoms with Crippen molar-refractivity contribution < 1.29 is 14.2 Å². The van der Waals surface area contributed by atoms with Crippen LogP contribution in [-0.2, 0) is 4.74 Å². The molecule has 0 saturated carbocycles. The number of rotatable bonds is 21. The summed E-state index contributed by atoms with van der Waals surface area (Å²) in [5, 5.41) is 0.